The molecule has 0 aliphatic carbocycles. The Morgan fingerprint density at radius 3 is 1.02 bits per heavy atom. The molecule has 0 spiro atoms. The van der Waals surface area contributed by atoms with E-state index in [1.54, 1.807) is 0 Å². The molecule has 3 aliphatic rings. The molecule has 0 radical (unpaired) electrons. The Morgan fingerprint density at radius 1 is 0.344 bits per heavy atom. The summed E-state index contributed by atoms with van der Waals surface area (Å²) < 4.78 is 2.12. The number of para-hydroxylation sites is 12. The van der Waals surface area contributed by atoms with Crippen molar-refractivity contribution in [3.05, 3.63) is 176 Å². The van der Waals surface area contributed by atoms with Gasteiger partial charge in [-0.05, 0) is 97.1 Å². The van der Waals surface area contributed by atoms with Gasteiger partial charge in [-0.2, -0.15) is 0 Å². The Bertz CT molecular complexity index is 2960. The molecule has 61 heavy (non-hydrogen) atoms. The number of pyridine rings is 1. The molecule has 5 heterocycles. The van der Waals surface area contributed by atoms with Crippen molar-refractivity contribution in [3.8, 4) is 11.4 Å². The minimum Gasteiger partial charge on any atom is -0.341 e. The van der Waals surface area contributed by atoms with Gasteiger partial charge < -0.3 is 34.0 Å². The number of aryl methyl sites for hydroxylation is 1. The summed E-state index contributed by atoms with van der Waals surface area (Å²) >= 11 is 0. The van der Waals surface area contributed by atoms with E-state index in [4.69, 9.17) is 9.97 Å². The monoisotopic (exact) mass is 791 g/mol. The standard InChI is InChI=1S/C52H41N9/c1-55-36-19-5-11-25-42(36)59(43-26-12-6-20-37(43)55)48-32-34(51-54-35-18-17-31-53-52(35)58(51)4)33-49(60-44-27-13-7-21-38(44)56(2)39-22-8-14-28-45(39)60)50(48)61-46-29-15-9-23-40(46)57(3)41-24-10-16-30-47(41)61/h5-33H,1-4H3. The number of benzene rings is 7. The molecule has 2 aromatic heterocycles. The van der Waals surface area contributed by atoms with Crippen molar-refractivity contribution in [2.24, 2.45) is 7.05 Å². The summed E-state index contributed by atoms with van der Waals surface area (Å²) in [6, 6.07) is 61.1. The maximum absolute atomic E-state index is 5.31. The second-order valence-electron chi connectivity index (χ2n) is 15.8. The average molecular weight is 792 g/mol. The van der Waals surface area contributed by atoms with Crippen molar-refractivity contribution in [3.63, 3.8) is 0 Å². The van der Waals surface area contributed by atoms with Gasteiger partial charge in [0.2, 0.25) is 0 Å². The molecule has 9 nitrogen and oxygen atoms in total. The van der Waals surface area contributed by atoms with E-state index >= 15 is 0 Å². The Balaban J connectivity index is 1.29. The molecule has 9 aromatic rings. The zero-order valence-electron chi connectivity index (χ0n) is 34.3. The van der Waals surface area contributed by atoms with Gasteiger partial charge in [0.15, 0.2) is 5.65 Å². The molecule has 294 valence electrons. The van der Waals surface area contributed by atoms with Crippen LogP contribution in [0.4, 0.5) is 85.3 Å². The number of rotatable bonds is 4. The summed E-state index contributed by atoms with van der Waals surface area (Å²) in [6.45, 7) is 0. The zero-order valence-corrected chi connectivity index (χ0v) is 34.3. The minimum absolute atomic E-state index is 0.827. The Morgan fingerprint density at radius 2 is 0.672 bits per heavy atom. The molecule has 0 amide bonds. The molecular weight excluding hydrogens is 751 g/mol. The number of hydrogen-bond acceptors (Lipinski definition) is 8. The summed E-state index contributed by atoms with van der Waals surface area (Å²) in [7, 11) is 8.56. The van der Waals surface area contributed by atoms with Crippen LogP contribution in [0.2, 0.25) is 0 Å². The number of anilines is 15. The van der Waals surface area contributed by atoms with Crippen LogP contribution in [0.15, 0.2) is 176 Å². The second-order valence-corrected chi connectivity index (χ2v) is 15.8. The first kappa shape index (κ1) is 35.0. The molecule has 7 aromatic carbocycles. The first-order chi connectivity index (χ1) is 30.0. The summed E-state index contributed by atoms with van der Waals surface area (Å²) in [5, 5.41) is 0. The van der Waals surface area contributed by atoms with E-state index in [-0.39, 0.29) is 0 Å². The first-order valence-electron chi connectivity index (χ1n) is 20.6. The van der Waals surface area contributed by atoms with Crippen molar-refractivity contribution in [2.75, 3.05) is 50.5 Å². The van der Waals surface area contributed by atoms with Crippen molar-refractivity contribution in [1.29, 1.82) is 0 Å². The summed E-state index contributed by atoms with van der Waals surface area (Å²) in [5.74, 6) is 0.827. The SMILES string of the molecule is CN1c2ccccc2N(c2cc(-c3nc4cccnc4n3C)cc(N3c4ccccc4N(C)c4ccccc43)c2N2c3ccccc3N(C)c3ccccc32)c2ccccc21. The van der Waals surface area contributed by atoms with Crippen molar-refractivity contribution in [2.45, 2.75) is 0 Å². The van der Waals surface area contributed by atoms with E-state index in [1.165, 1.54) is 0 Å². The van der Waals surface area contributed by atoms with Crippen LogP contribution >= 0.6 is 0 Å². The van der Waals surface area contributed by atoms with Crippen LogP contribution in [-0.4, -0.2) is 35.7 Å². The highest BCUT2D eigenvalue weighted by atomic mass is 15.3. The van der Waals surface area contributed by atoms with Crippen LogP contribution in [0.5, 0.6) is 0 Å². The van der Waals surface area contributed by atoms with Gasteiger partial charge in [0.25, 0.3) is 0 Å². The van der Waals surface area contributed by atoms with Crippen molar-refractivity contribution in [1.82, 2.24) is 14.5 Å². The molecule has 9 heteroatoms. The quantitative estimate of drug-likeness (QED) is 0.175. The van der Waals surface area contributed by atoms with Gasteiger partial charge >= 0.3 is 0 Å². The van der Waals surface area contributed by atoms with Crippen LogP contribution in [0.3, 0.4) is 0 Å². The van der Waals surface area contributed by atoms with Gasteiger partial charge in [-0.15, -0.1) is 0 Å². The van der Waals surface area contributed by atoms with Gasteiger partial charge in [-0.25, -0.2) is 9.97 Å². The zero-order chi connectivity index (χ0) is 40.9. The topological polar surface area (TPSA) is 50.2 Å². The third-order valence-electron chi connectivity index (χ3n) is 12.6. The highest BCUT2D eigenvalue weighted by Gasteiger charge is 2.39. The number of fused-ring (bicyclic) bond motifs is 7. The molecule has 0 bridgehead atoms. The van der Waals surface area contributed by atoms with E-state index in [9.17, 15) is 0 Å². The summed E-state index contributed by atoms with van der Waals surface area (Å²) in [6.07, 6.45) is 1.84. The molecule has 0 unspecified atom stereocenters. The lowest BCUT2D eigenvalue weighted by Gasteiger charge is -2.45. The van der Waals surface area contributed by atoms with Crippen molar-refractivity contribution >= 4 is 96.5 Å². The predicted molar refractivity (Wildman–Crippen MR) is 252 cm³/mol. The van der Waals surface area contributed by atoms with E-state index < -0.39 is 0 Å². The Labute approximate surface area is 354 Å². The third kappa shape index (κ3) is 5.01. The lowest BCUT2D eigenvalue weighted by atomic mass is 9.98. The first-order valence-corrected chi connectivity index (χ1v) is 20.6. The van der Waals surface area contributed by atoms with Gasteiger partial charge in [0.05, 0.1) is 85.3 Å². The maximum Gasteiger partial charge on any atom is 0.159 e. The summed E-state index contributed by atoms with van der Waals surface area (Å²) in [4.78, 5) is 24.4. The molecule has 0 N–H and O–H groups in total. The summed E-state index contributed by atoms with van der Waals surface area (Å²) in [5.41, 5.74) is 18.8. The van der Waals surface area contributed by atoms with Gasteiger partial charge in [0.1, 0.15) is 11.3 Å². The van der Waals surface area contributed by atoms with Crippen LogP contribution in [-0.2, 0) is 7.05 Å². The molecule has 0 fully saturated rings. The Hall–Kier alpha value is -8.04. The largest absolute Gasteiger partial charge is 0.341 e. The fourth-order valence-corrected chi connectivity index (χ4v) is 9.74. The fraction of sp³-hybridized carbons (Fsp3) is 0.0769. The van der Waals surface area contributed by atoms with E-state index in [1.807, 2.05) is 18.3 Å². The van der Waals surface area contributed by atoms with Crippen LogP contribution < -0.4 is 29.4 Å². The average Bonchev–Trinajstić information content (AvgIpc) is 3.65. The number of imidazole rings is 1. The Kier molecular flexibility index (Phi) is 7.59. The number of aromatic nitrogens is 3. The molecular formula is C52H41N9. The fourth-order valence-electron chi connectivity index (χ4n) is 9.74. The van der Waals surface area contributed by atoms with Gasteiger partial charge in [0, 0.05) is 40.0 Å². The van der Waals surface area contributed by atoms with Crippen LogP contribution in [0.1, 0.15) is 0 Å². The molecule has 12 rings (SSSR count). The normalized spacial score (nSPS) is 13.7. The predicted octanol–water partition coefficient (Wildman–Crippen LogP) is 13.3. The van der Waals surface area contributed by atoms with E-state index in [0.717, 1.165) is 108 Å². The smallest absolute Gasteiger partial charge is 0.159 e. The minimum atomic E-state index is 0.827. The second kappa shape index (κ2) is 13.2. The van der Waals surface area contributed by atoms with Gasteiger partial charge in [-0.1, -0.05) is 72.8 Å². The van der Waals surface area contributed by atoms with E-state index in [0.29, 0.717) is 0 Å². The van der Waals surface area contributed by atoms with Crippen molar-refractivity contribution < 1.29 is 0 Å². The van der Waals surface area contributed by atoms with E-state index in [2.05, 4.69) is 220 Å². The molecule has 0 atom stereocenters. The number of nitrogens with zero attached hydrogens (tertiary/aromatic N) is 9. The lowest BCUT2D eigenvalue weighted by Crippen LogP contribution is -2.30. The third-order valence-corrected chi connectivity index (χ3v) is 12.6. The highest BCUT2D eigenvalue weighted by Crippen LogP contribution is 2.63. The molecule has 0 saturated heterocycles. The van der Waals surface area contributed by atoms with Gasteiger partial charge in [-0.3, -0.25) is 0 Å². The lowest BCUT2D eigenvalue weighted by molar-refractivity contribution is 0.941. The molecule has 3 aliphatic heterocycles. The number of hydrogen-bond donors (Lipinski definition) is 0. The van der Waals surface area contributed by atoms with Crippen LogP contribution in [0, 0.1) is 0 Å². The molecule has 0 saturated carbocycles. The van der Waals surface area contributed by atoms with Crippen LogP contribution in [0.25, 0.3) is 22.6 Å². The maximum atomic E-state index is 5.31. The highest BCUT2D eigenvalue weighted by molar-refractivity contribution is 6.12.